The number of rotatable bonds is 3. The van der Waals surface area contributed by atoms with E-state index in [0.29, 0.717) is 0 Å². The Hall–Kier alpha value is -1.31. The Kier molecular flexibility index (Phi) is 2.86. The molecule has 64 valence electrons. The van der Waals surface area contributed by atoms with Gasteiger partial charge in [0.25, 0.3) is 0 Å². The van der Waals surface area contributed by atoms with Crippen LogP contribution in [-0.2, 0) is 4.79 Å². The first-order valence-corrected chi connectivity index (χ1v) is 3.87. The summed E-state index contributed by atoms with van der Waals surface area (Å²) in [6, 6.07) is 5.88. The van der Waals surface area contributed by atoms with E-state index in [4.69, 9.17) is 4.74 Å². The monoisotopic (exact) mass is 164 g/mol. The summed E-state index contributed by atoms with van der Waals surface area (Å²) in [6.07, 6.45) is 0.749. The van der Waals surface area contributed by atoms with Crippen LogP contribution < -0.4 is 4.74 Å². The second kappa shape index (κ2) is 3.90. The van der Waals surface area contributed by atoms with Crippen molar-refractivity contribution in [3.8, 4) is 5.75 Å². The number of aryl methyl sites for hydroxylation is 2. The van der Waals surface area contributed by atoms with E-state index >= 15 is 0 Å². The van der Waals surface area contributed by atoms with Crippen LogP contribution in [0, 0.1) is 13.8 Å². The van der Waals surface area contributed by atoms with Crippen LogP contribution in [0.25, 0.3) is 0 Å². The van der Waals surface area contributed by atoms with E-state index in [9.17, 15) is 4.79 Å². The third kappa shape index (κ3) is 2.09. The molecule has 2 nitrogen and oxygen atoms in total. The van der Waals surface area contributed by atoms with E-state index in [2.05, 4.69) is 0 Å². The topological polar surface area (TPSA) is 26.3 Å². The van der Waals surface area contributed by atoms with E-state index in [1.165, 1.54) is 5.56 Å². The number of benzene rings is 1. The molecule has 0 aliphatic rings. The van der Waals surface area contributed by atoms with Gasteiger partial charge in [0.1, 0.15) is 12.4 Å². The summed E-state index contributed by atoms with van der Waals surface area (Å²) in [5.41, 5.74) is 2.27. The fourth-order valence-electron chi connectivity index (χ4n) is 1.09. The average Bonchev–Trinajstić information content (AvgIpc) is 2.03. The Balaban J connectivity index is 2.78. The lowest BCUT2D eigenvalue weighted by molar-refractivity contribution is -0.109. The molecule has 0 heterocycles. The van der Waals surface area contributed by atoms with Gasteiger partial charge in [-0.25, -0.2) is 0 Å². The minimum atomic E-state index is 0.129. The molecule has 0 unspecified atom stereocenters. The van der Waals surface area contributed by atoms with Crippen molar-refractivity contribution >= 4 is 6.29 Å². The molecule has 0 bridgehead atoms. The maximum Gasteiger partial charge on any atom is 0.157 e. The molecule has 2 heteroatoms. The molecule has 1 rings (SSSR count). The van der Waals surface area contributed by atoms with Crippen LogP contribution in [0.2, 0.25) is 0 Å². The lowest BCUT2D eigenvalue weighted by Gasteiger charge is -2.05. The summed E-state index contributed by atoms with van der Waals surface area (Å²) < 4.78 is 5.17. The van der Waals surface area contributed by atoms with Crippen molar-refractivity contribution in [2.45, 2.75) is 13.8 Å². The summed E-state index contributed by atoms with van der Waals surface area (Å²) in [6.45, 7) is 4.12. The first kappa shape index (κ1) is 8.78. The summed E-state index contributed by atoms with van der Waals surface area (Å²) in [7, 11) is 0. The van der Waals surface area contributed by atoms with Crippen molar-refractivity contribution < 1.29 is 9.53 Å². The molecule has 1 aromatic rings. The second-order valence-corrected chi connectivity index (χ2v) is 2.75. The highest BCUT2D eigenvalue weighted by Gasteiger charge is 1.97. The lowest BCUT2D eigenvalue weighted by Crippen LogP contribution is -1.99. The van der Waals surface area contributed by atoms with Gasteiger partial charge in [-0.3, -0.25) is 4.79 Å². The SMILES string of the molecule is Cc1ccc(OCC=O)c(C)c1. The Bertz CT molecular complexity index is 279. The zero-order chi connectivity index (χ0) is 8.97. The first-order valence-electron chi connectivity index (χ1n) is 3.87. The molecule has 0 atom stereocenters. The van der Waals surface area contributed by atoms with Gasteiger partial charge < -0.3 is 4.74 Å². The fraction of sp³-hybridized carbons (Fsp3) is 0.300. The molecule has 0 aliphatic heterocycles. The van der Waals surface area contributed by atoms with Gasteiger partial charge in [-0.1, -0.05) is 17.7 Å². The predicted molar refractivity (Wildman–Crippen MR) is 47.5 cm³/mol. The summed E-state index contributed by atoms with van der Waals surface area (Å²) >= 11 is 0. The third-order valence-electron chi connectivity index (χ3n) is 1.64. The normalized spacial score (nSPS) is 9.50. The molecular formula is C10H12O2. The van der Waals surface area contributed by atoms with Crippen molar-refractivity contribution in [1.29, 1.82) is 0 Å². The molecule has 0 radical (unpaired) electrons. The fourth-order valence-corrected chi connectivity index (χ4v) is 1.09. The number of carbonyl (C=O) groups is 1. The van der Waals surface area contributed by atoms with Crippen LogP contribution in [-0.4, -0.2) is 12.9 Å². The van der Waals surface area contributed by atoms with Crippen LogP contribution in [0.15, 0.2) is 18.2 Å². The minimum Gasteiger partial charge on any atom is -0.486 e. The largest absolute Gasteiger partial charge is 0.486 e. The molecule has 0 aromatic heterocycles. The van der Waals surface area contributed by atoms with E-state index in [1.54, 1.807) is 0 Å². The number of hydrogen-bond acceptors (Lipinski definition) is 2. The number of hydrogen-bond donors (Lipinski definition) is 0. The van der Waals surface area contributed by atoms with Crippen LogP contribution in [0.3, 0.4) is 0 Å². The summed E-state index contributed by atoms with van der Waals surface area (Å²) in [5, 5.41) is 0. The van der Waals surface area contributed by atoms with Crippen molar-refractivity contribution in [3.05, 3.63) is 29.3 Å². The van der Waals surface area contributed by atoms with Gasteiger partial charge in [-0.15, -0.1) is 0 Å². The Morgan fingerprint density at radius 1 is 1.42 bits per heavy atom. The number of ether oxygens (including phenoxy) is 1. The molecule has 1 aromatic carbocycles. The smallest absolute Gasteiger partial charge is 0.157 e. The molecule has 0 saturated heterocycles. The summed E-state index contributed by atoms with van der Waals surface area (Å²) in [4.78, 5) is 10.0. The first-order chi connectivity index (χ1) is 5.74. The van der Waals surface area contributed by atoms with E-state index in [1.807, 2.05) is 32.0 Å². The van der Waals surface area contributed by atoms with E-state index in [-0.39, 0.29) is 6.61 Å². The highest BCUT2D eigenvalue weighted by Crippen LogP contribution is 2.17. The molecule has 0 amide bonds. The maximum atomic E-state index is 10.0. The zero-order valence-electron chi connectivity index (χ0n) is 7.33. The van der Waals surface area contributed by atoms with Gasteiger partial charge in [0.15, 0.2) is 6.29 Å². The predicted octanol–water partition coefficient (Wildman–Crippen LogP) is 1.88. The molecule has 0 fully saturated rings. The van der Waals surface area contributed by atoms with Crippen LogP contribution in [0.4, 0.5) is 0 Å². The van der Waals surface area contributed by atoms with Crippen molar-refractivity contribution in [2.24, 2.45) is 0 Å². The number of carbonyl (C=O) groups excluding carboxylic acids is 1. The standard InChI is InChI=1S/C10H12O2/c1-8-3-4-10(9(2)7-8)12-6-5-11/h3-5,7H,6H2,1-2H3. The van der Waals surface area contributed by atoms with Gasteiger partial charge in [0.2, 0.25) is 0 Å². The molecular weight excluding hydrogens is 152 g/mol. The van der Waals surface area contributed by atoms with Gasteiger partial charge in [0, 0.05) is 0 Å². The third-order valence-corrected chi connectivity index (χ3v) is 1.64. The second-order valence-electron chi connectivity index (χ2n) is 2.75. The van der Waals surface area contributed by atoms with Gasteiger partial charge in [0.05, 0.1) is 0 Å². The van der Waals surface area contributed by atoms with Gasteiger partial charge in [-0.05, 0) is 25.5 Å². The highest BCUT2D eigenvalue weighted by molar-refractivity contribution is 5.51. The molecule has 0 spiro atoms. The van der Waals surface area contributed by atoms with Crippen LogP contribution >= 0.6 is 0 Å². The zero-order valence-corrected chi connectivity index (χ0v) is 7.33. The minimum absolute atomic E-state index is 0.129. The average molecular weight is 164 g/mol. The molecule has 12 heavy (non-hydrogen) atoms. The van der Waals surface area contributed by atoms with E-state index in [0.717, 1.165) is 17.6 Å². The molecule has 0 saturated carbocycles. The van der Waals surface area contributed by atoms with Crippen molar-refractivity contribution in [2.75, 3.05) is 6.61 Å². The van der Waals surface area contributed by atoms with Crippen LogP contribution in [0.1, 0.15) is 11.1 Å². The van der Waals surface area contributed by atoms with Crippen LogP contribution in [0.5, 0.6) is 5.75 Å². The Labute approximate surface area is 72.2 Å². The number of aldehydes is 1. The van der Waals surface area contributed by atoms with Gasteiger partial charge >= 0.3 is 0 Å². The van der Waals surface area contributed by atoms with Gasteiger partial charge in [-0.2, -0.15) is 0 Å². The highest BCUT2D eigenvalue weighted by atomic mass is 16.5. The van der Waals surface area contributed by atoms with Crippen molar-refractivity contribution in [3.63, 3.8) is 0 Å². The molecule has 0 N–H and O–H groups in total. The maximum absolute atomic E-state index is 10.0. The Morgan fingerprint density at radius 3 is 2.75 bits per heavy atom. The Morgan fingerprint density at radius 2 is 2.17 bits per heavy atom. The summed E-state index contributed by atoms with van der Waals surface area (Å²) in [5.74, 6) is 0.785. The molecule has 0 aliphatic carbocycles. The van der Waals surface area contributed by atoms with E-state index < -0.39 is 0 Å². The quantitative estimate of drug-likeness (QED) is 0.637. The lowest BCUT2D eigenvalue weighted by atomic mass is 10.1. The van der Waals surface area contributed by atoms with Crippen molar-refractivity contribution in [1.82, 2.24) is 0 Å².